The number of hydrogen-bond acceptors (Lipinski definition) is 4. The van der Waals surface area contributed by atoms with Crippen LogP contribution in [0.25, 0.3) is 5.69 Å². The number of methoxy groups -OCH3 is 1. The molecule has 0 spiro atoms. The van der Waals surface area contributed by atoms with Gasteiger partial charge in [-0.25, -0.2) is 9.07 Å². The highest BCUT2D eigenvalue weighted by molar-refractivity contribution is 5.49. The van der Waals surface area contributed by atoms with Crippen molar-refractivity contribution in [2.75, 3.05) is 20.2 Å². The van der Waals surface area contributed by atoms with Crippen LogP contribution in [0.15, 0.2) is 48.5 Å². The van der Waals surface area contributed by atoms with Gasteiger partial charge in [-0.05, 0) is 42.3 Å². The maximum absolute atomic E-state index is 13.6. The van der Waals surface area contributed by atoms with Crippen molar-refractivity contribution in [1.29, 1.82) is 0 Å². The van der Waals surface area contributed by atoms with E-state index in [1.54, 1.807) is 19.2 Å². The molecule has 0 aliphatic carbocycles. The average Bonchev–Trinajstić information content (AvgIpc) is 3.11. The summed E-state index contributed by atoms with van der Waals surface area (Å²) in [5.41, 5.74) is 5.55. The van der Waals surface area contributed by atoms with Crippen LogP contribution in [0.4, 0.5) is 4.39 Å². The Kier molecular flexibility index (Phi) is 6.68. The Labute approximate surface area is 183 Å². The number of fused-ring (bicyclic) bond motifs is 1. The number of hydrogen-bond donors (Lipinski definition) is 1. The summed E-state index contributed by atoms with van der Waals surface area (Å²) in [5, 5.41) is 8.55. The molecule has 0 fully saturated rings. The minimum Gasteiger partial charge on any atom is -0.494 e. The van der Waals surface area contributed by atoms with E-state index in [2.05, 4.69) is 34.8 Å². The second-order valence-corrected chi connectivity index (χ2v) is 8.57. The molecule has 164 valence electrons. The van der Waals surface area contributed by atoms with Crippen LogP contribution in [0.1, 0.15) is 36.4 Å². The van der Waals surface area contributed by atoms with Gasteiger partial charge in [-0.2, -0.15) is 5.10 Å². The van der Waals surface area contributed by atoms with Gasteiger partial charge in [0.15, 0.2) is 0 Å². The Morgan fingerprint density at radius 2 is 2.00 bits per heavy atom. The second-order valence-electron chi connectivity index (χ2n) is 8.57. The maximum Gasteiger partial charge on any atom is 0.144 e. The zero-order valence-corrected chi connectivity index (χ0v) is 18.6. The molecule has 1 aliphatic heterocycles. The number of rotatable bonds is 8. The van der Waals surface area contributed by atoms with Crippen molar-refractivity contribution in [2.24, 2.45) is 5.92 Å². The van der Waals surface area contributed by atoms with Crippen LogP contribution in [-0.2, 0) is 26.1 Å². The summed E-state index contributed by atoms with van der Waals surface area (Å²) < 4.78 is 21.3. The standard InChI is InChI=1S/C25H31FN4O/c1-18(2)14-27-15-22-21-17-29(16-19-7-6-8-20(26)13-19)12-11-23(21)30(28-22)24-9-4-5-10-25(24)31-3/h4-10,13,18,27H,11-12,14-17H2,1-3H3. The molecule has 1 N–H and O–H groups in total. The molecule has 0 amide bonds. The van der Waals surface area contributed by atoms with E-state index in [0.29, 0.717) is 5.92 Å². The summed E-state index contributed by atoms with van der Waals surface area (Å²) in [6.07, 6.45) is 0.889. The summed E-state index contributed by atoms with van der Waals surface area (Å²) in [6.45, 7) is 8.53. The first-order chi connectivity index (χ1) is 15.0. The van der Waals surface area contributed by atoms with Crippen LogP contribution in [0.5, 0.6) is 5.75 Å². The largest absolute Gasteiger partial charge is 0.494 e. The van der Waals surface area contributed by atoms with Gasteiger partial charge in [0.05, 0.1) is 18.5 Å². The van der Waals surface area contributed by atoms with Crippen molar-refractivity contribution < 1.29 is 9.13 Å². The molecule has 0 radical (unpaired) electrons. The molecule has 0 unspecified atom stereocenters. The Morgan fingerprint density at radius 3 is 2.77 bits per heavy atom. The van der Waals surface area contributed by atoms with Crippen LogP contribution in [0, 0.1) is 11.7 Å². The fourth-order valence-corrected chi connectivity index (χ4v) is 4.20. The molecule has 0 atom stereocenters. The molecule has 2 aromatic carbocycles. The van der Waals surface area contributed by atoms with E-state index in [1.165, 1.54) is 17.3 Å². The van der Waals surface area contributed by atoms with Crippen molar-refractivity contribution >= 4 is 0 Å². The van der Waals surface area contributed by atoms with Gasteiger partial charge in [-0.3, -0.25) is 4.90 Å². The fourth-order valence-electron chi connectivity index (χ4n) is 4.20. The highest BCUT2D eigenvalue weighted by Gasteiger charge is 2.26. The quantitative estimate of drug-likeness (QED) is 0.587. The third-order valence-electron chi connectivity index (χ3n) is 5.67. The first-order valence-corrected chi connectivity index (χ1v) is 11.0. The van der Waals surface area contributed by atoms with Gasteiger partial charge in [-0.1, -0.05) is 38.1 Å². The topological polar surface area (TPSA) is 42.3 Å². The molecule has 0 saturated carbocycles. The van der Waals surface area contributed by atoms with Crippen LogP contribution in [0.3, 0.4) is 0 Å². The highest BCUT2D eigenvalue weighted by atomic mass is 19.1. The van der Waals surface area contributed by atoms with Gasteiger partial charge < -0.3 is 10.1 Å². The van der Waals surface area contributed by atoms with Gasteiger partial charge in [0.2, 0.25) is 0 Å². The van der Waals surface area contributed by atoms with Gasteiger partial charge in [-0.15, -0.1) is 0 Å². The predicted octanol–water partition coefficient (Wildman–Crippen LogP) is 4.32. The lowest BCUT2D eigenvalue weighted by atomic mass is 10.0. The van der Waals surface area contributed by atoms with E-state index >= 15 is 0 Å². The SMILES string of the molecule is COc1ccccc1-n1nc(CNCC(C)C)c2c1CCN(Cc1cccc(F)c1)C2. The van der Waals surface area contributed by atoms with Crippen molar-refractivity contribution in [3.63, 3.8) is 0 Å². The summed E-state index contributed by atoms with van der Waals surface area (Å²) in [6, 6.07) is 14.9. The monoisotopic (exact) mass is 422 g/mol. The first-order valence-electron chi connectivity index (χ1n) is 11.0. The minimum atomic E-state index is -0.183. The Balaban J connectivity index is 1.64. The predicted molar refractivity (Wildman–Crippen MR) is 121 cm³/mol. The smallest absolute Gasteiger partial charge is 0.144 e. The van der Waals surface area contributed by atoms with Crippen LogP contribution in [-0.4, -0.2) is 34.9 Å². The zero-order chi connectivity index (χ0) is 21.8. The van der Waals surface area contributed by atoms with Crippen molar-refractivity contribution in [2.45, 2.75) is 39.9 Å². The average molecular weight is 423 g/mol. The maximum atomic E-state index is 13.6. The molecule has 3 aromatic rings. The molecule has 2 heterocycles. The molecule has 4 rings (SSSR count). The minimum absolute atomic E-state index is 0.183. The third-order valence-corrected chi connectivity index (χ3v) is 5.67. The van der Waals surface area contributed by atoms with Crippen LogP contribution >= 0.6 is 0 Å². The van der Waals surface area contributed by atoms with Gasteiger partial charge >= 0.3 is 0 Å². The molecular formula is C25H31FN4O. The molecule has 5 nitrogen and oxygen atoms in total. The zero-order valence-electron chi connectivity index (χ0n) is 18.6. The van der Waals surface area contributed by atoms with E-state index < -0.39 is 0 Å². The van der Waals surface area contributed by atoms with E-state index in [1.807, 2.05) is 24.3 Å². The molecule has 1 aromatic heterocycles. The van der Waals surface area contributed by atoms with Gasteiger partial charge in [0.1, 0.15) is 17.3 Å². The number of nitrogens with zero attached hydrogens (tertiary/aromatic N) is 3. The lowest BCUT2D eigenvalue weighted by molar-refractivity contribution is 0.242. The van der Waals surface area contributed by atoms with Gasteiger partial charge in [0, 0.05) is 38.2 Å². The number of nitrogens with one attached hydrogen (secondary N) is 1. The summed E-state index contributed by atoms with van der Waals surface area (Å²) >= 11 is 0. The lowest BCUT2D eigenvalue weighted by Gasteiger charge is -2.28. The highest BCUT2D eigenvalue weighted by Crippen LogP contribution is 2.30. The summed E-state index contributed by atoms with van der Waals surface area (Å²) in [5.74, 6) is 1.21. The van der Waals surface area contributed by atoms with Crippen LogP contribution in [0.2, 0.25) is 0 Å². The molecule has 0 saturated heterocycles. The van der Waals surface area contributed by atoms with E-state index in [9.17, 15) is 4.39 Å². The first kappa shape index (κ1) is 21.5. The lowest BCUT2D eigenvalue weighted by Crippen LogP contribution is -2.31. The molecule has 1 aliphatic rings. The fraction of sp³-hybridized carbons (Fsp3) is 0.400. The third kappa shape index (κ3) is 4.97. The number of benzene rings is 2. The summed E-state index contributed by atoms with van der Waals surface area (Å²) in [7, 11) is 1.70. The van der Waals surface area contributed by atoms with Crippen molar-refractivity contribution in [1.82, 2.24) is 20.0 Å². The van der Waals surface area contributed by atoms with E-state index in [4.69, 9.17) is 9.84 Å². The Hall–Kier alpha value is -2.70. The summed E-state index contributed by atoms with van der Waals surface area (Å²) in [4.78, 5) is 2.37. The molecular weight excluding hydrogens is 391 g/mol. The van der Waals surface area contributed by atoms with Crippen molar-refractivity contribution in [3.8, 4) is 11.4 Å². The number of halogens is 1. The van der Waals surface area contributed by atoms with E-state index in [-0.39, 0.29) is 5.82 Å². The number of ether oxygens (including phenoxy) is 1. The van der Waals surface area contributed by atoms with Gasteiger partial charge in [0.25, 0.3) is 0 Å². The van der Waals surface area contributed by atoms with E-state index in [0.717, 1.165) is 61.8 Å². The molecule has 6 heteroatoms. The van der Waals surface area contributed by atoms with Crippen molar-refractivity contribution in [3.05, 3.63) is 76.9 Å². The Morgan fingerprint density at radius 1 is 1.16 bits per heavy atom. The normalized spacial score (nSPS) is 14.1. The molecule has 31 heavy (non-hydrogen) atoms. The number of aromatic nitrogens is 2. The van der Waals surface area contributed by atoms with Crippen LogP contribution < -0.4 is 10.1 Å². The second kappa shape index (κ2) is 9.62. The Bertz CT molecular complexity index is 1030. The molecule has 0 bridgehead atoms. The number of para-hydroxylation sites is 2.